The zero-order chi connectivity index (χ0) is 13.8. The maximum absolute atomic E-state index is 12.0. The SMILES string of the molecule is CCS(=O)(=O)CCS(=O)c1ccc(N)cc1OC. The van der Waals surface area contributed by atoms with Crippen LogP contribution in [-0.2, 0) is 20.6 Å². The Hall–Kier alpha value is -1.08. The van der Waals surface area contributed by atoms with E-state index in [4.69, 9.17) is 10.5 Å². The molecule has 7 heteroatoms. The first kappa shape index (κ1) is 15.0. The van der Waals surface area contributed by atoms with Crippen LogP contribution in [0.25, 0.3) is 0 Å². The highest BCUT2D eigenvalue weighted by molar-refractivity contribution is 7.93. The van der Waals surface area contributed by atoms with E-state index in [9.17, 15) is 12.6 Å². The molecule has 102 valence electrons. The van der Waals surface area contributed by atoms with Crippen molar-refractivity contribution in [1.29, 1.82) is 0 Å². The third-order valence-corrected chi connectivity index (χ3v) is 5.82. The molecule has 0 radical (unpaired) electrons. The van der Waals surface area contributed by atoms with Crippen molar-refractivity contribution in [2.24, 2.45) is 0 Å². The van der Waals surface area contributed by atoms with E-state index in [2.05, 4.69) is 0 Å². The minimum atomic E-state index is -3.11. The molecule has 0 saturated carbocycles. The van der Waals surface area contributed by atoms with Crippen LogP contribution < -0.4 is 10.5 Å². The molecular weight excluding hydrogens is 274 g/mol. The van der Waals surface area contributed by atoms with Gasteiger partial charge in [-0.1, -0.05) is 6.92 Å². The lowest BCUT2D eigenvalue weighted by molar-refractivity contribution is 0.404. The van der Waals surface area contributed by atoms with Crippen LogP contribution >= 0.6 is 0 Å². The molecule has 18 heavy (non-hydrogen) atoms. The molecule has 0 spiro atoms. The van der Waals surface area contributed by atoms with Gasteiger partial charge in [0.2, 0.25) is 0 Å². The van der Waals surface area contributed by atoms with Gasteiger partial charge < -0.3 is 10.5 Å². The second kappa shape index (κ2) is 6.19. The lowest BCUT2D eigenvalue weighted by Gasteiger charge is -2.09. The summed E-state index contributed by atoms with van der Waals surface area (Å²) < 4.78 is 39.8. The van der Waals surface area contributed by atoms with Crippen LogP contribution in [-0.4, -0.2) is 37.0 Å². The zero-order valence-corrected chi connectivity index (χ0v) is 12.0. The minimum absolute atomic E-state index is 0.0586. The summed E-state index contributed by atoms with van der Waals surface area (Å²) in [6.45, 7) is 1.57. The first-order chi connectivity index (χ1) is 8.39. The Morgan fingerprint density at radius 1 is 1.39 bits per heavy atom. The Bertz CT molecular complexity index is 540. The molecule has 0 amide bonds. The molecule has 0 aliphatic heterocycles. The highest BCUT2D eigenvalue weighted by atomic mass is 32.2. The summed E-state index contributed by atoms with van der Waals surface area (Å²) >= 11 is 0. The number of hydrogen-bond acceptors (Lipinski definition) is 5. The average molecular weight is 291 g/mol. The van der Waals surface area contributed by atoms with Gasteiger partial charge in [-0.3, -0.25) is 4.21 Å². The maximum Gasteiger partial charge on any atom is 0.150 e. The number of nitrogen functional groups attached to an aromatic ring is 1. The van der Waals surface area contributed by atoms with Crippen molar-refractivity contribution in [2.45, 2.75) is 11.8 Å². The number of ether oxygens (including phenoxy) is 1. The van der Waals surface area contributed by atoms with E-state index < -0.39 is 20.6 Å². The van der Waals surface area contributed by atoms with Crippen molar-refractivity contribution >= 4 is 26.3 Å². The van der Waals surface area contributed by atoms with E-state index in [0.717, 1.165) is 0 Å². The number of hydrogen-bond donors (Lipinski definition) is 1. The van der Waals surface area contributed by atoms with Gasteiger partial charge in [0.05, 0.1) is 28.6 Å². The van der Waals surface area contributed by atoms with Crippen LogP contribution in [0.1, 0.15) is 6.92 Å². The van der Waals surface area contributed by atoms with E-state index in [1.54, 1.807) is 25.1 Å². The topological polar surface area (TPSA) is 86.5 Å². The quantitative estimate of drug-likeness (QED) is 0.784. The fraction of sp³-hybridized carbons (Fsp3) is 0.455. The van der Waals surface area contributed by atoms with Crippen LogP contribution in [0.2, 0.25) is 0 Å². The van der Waals surface area contributed by atoms with Gasteiger partial charge in [-0.15, -0.1) is 0 Å². The first-order valence-corrected chi connectivity index (χ1v) is 8.56. The van der Waals surface area contributed by atoms with Crippen LogP contribution in [0.4, 0.5) is 5.69 Å². The number of sulfone groups is 1. The fourth-order valence-corrected chi connectivity index (χ4v) is 4.05. The average Bonchev–Trinajstić information content (AvgIpc) is 2.36. The molecule has 0 fully saturated rings. The Balaban J connectivity index is 2.85. The molecule has 1 rings (SSSR count). The van der Waals surface area contributed by atoms with E-state index in [-0.39, 0.29) is 17.3 Å². The first-order valence-electron chi connectivity index (χ1n) is 5.42. The molecule has 1 unspecified atom stereocenters. The summed E-state index contributed by atoms with van der Waals surface area (Å²) in [4.78, 5) is 0.470. The van der Waals surface area contributed by atoms with Crippen LogP contribution in [0.5, 0.6) is 5.75 Å². The summed E-state index contributed by atoms with van der Waals surface area (Å²) in [6.07, 6.45) is 0. The predicted molar refractivity (Wildman–Crippen MR) is 73.0 cm³/mol. The maximum atomic E-state index is 12.0. The van der Waals surface area contributed by atoms with Crippen molar-refractivity contribution < 1.29 is 17.4 Å². The molecule has 1 aromatic rings. The number of anilines is 1. The summed E-state index contributed by atoms with van der Waals surface area (Å²) in [7, 11) is -3.06. The molecule has 5 nitrogen and oxygen atoms in total. The lowest BCUT2D eigenvalue weighted by Crippen LogP contribution is -2.15. The standard InChI is InChI=1S/C11H17NO4S2/c1-3-18(14,15)7-6-17(13)11-5-4-9(12)8-10(11)16-2/h4-5,8H,3,6-7,12H2,1-2H3. The Labute approximate surface area is 110 Å². The van der Waals surface area contributed by atoms with E-state index in [1.807, 2.05) is 0 Å². The minimum Gasteiger partial charge on any atom is -0.495 e. The van der Waals surface area contributed by atoms with Crippen LogP contribution in [0, 0.1) is 0 Å². The van der Waals surface area contributed by atoms with Crippen LogP contribution in [0.15, 0.2) is 23.1 Å². The summed E-state index contributed by atoms with van der Waals surface area (Å²) in [5, 5.41) is 0. The van der Waals surface area contributed by atoms with Gasteiger partial charge in [-0.2, -0.15) is 0 Å². The van der Waals surface area contributed by atoms with Gasteiger partial charge in [-0.05, 0) is 12.1 Å². The van der Waals surface area contributed by atoms with Crippen LogP contribution in [0.3, 0.4) is 0 Å². The molecule has 2 N–H and O–H groups in total. The van der Waals surface area contributed by atoms with Gasteiger partial charge in [0.15, 0.2) is 9.84 Å². The van der Waals surface area contributed by atoms with Crippen molar-refractivity contribution in [3.63, 3.8) is 0 Å². The Kier molecular flexibility index (Phi) is 5.15. The second-order valence-electron chi connectivity index (χ2n) is 3.70. The number of benzene rings is 1. The summed E-state index contributed by atoms with van der Waals surface area (Å²) in [5.41, 5.74) is 6.10. The second-order valence-corrected chi connectivity index (χ2v) is 7.71. The third kappa shape index (κ3) is 3.99. The molecule has 1 aromatic carbocycles. The van der Waals surface area contributed by atoms with Gasteiger partial charge in [0, 0.05) is 23.3 Å². The molecule has 0 saturated heterocycles. The number of nitrogens with two attached hydrogens (primary N) is 1. The van der Waals surface area contributed by atoms with Crippen molar-refractivity contribution in [3.05, 3.63) is 18.2 Å². The van der Waals surface area contributed by atoms with Crippen molar-refractivity contribution in [1.82, 2.24) is 0 Å². The summed E-state index contributed by atoms with van der Waals surface area (Å²) in [6, 6.07) is 4.79. The molecule has 0 bridgehead atoms. The van der Waals surface area contributed by atoms with Gasteiger partial charge in [0.25, 0.3) is 0 Å². The monoisotopic (exact) mass is 291 g/mol. The Morgan fingerprint density at radius 3 is 2.61 bits per heavy atom. The number of rotatable bonds is 6. The van der Waals surface area contributed by atoms with Crippen molar-refractivity contribution in [3.8, 4) is 5.75 Å². The molecule has 1 atom stereocenters. The molecule has 0 aliphatic carbocycles. The zero-order valence-electron chi connectivity index (χ0n) is 10.4. The molecular formula is C11H17NO4S2. The molecule has 0 aliphatic rings. The van der Waals surface area contributed by atoms with Gasteiger partial charge in [-0.25, -0.2) is 8.42 Å². The third-order valence-electron chi connectivity index (χ3n) is 2.45. The van der Waals surface area contributed by atoms with Crippen molar-refractivity contribution in [2.75, 3.05) is 30.1 Å². The highest BCUT2D eigenvalue weighted by Crippen LogP contribution is 2.24. The smallest absolute Gasteiger partial charge is 0.150 e. The van der Waals surface area contributed by atoms with E-state index in [1.165, 1.54) is 7.11 Å². The lowest BCUT2D eigenvalue weighted by atomic mass is 10.3. The highest BCUT2D eigenvalue weighted by Gasteiger charge is 2.15. The fourth-order valence-electron chi connectivity index (χ4n) is 1.33. The number of methoxy groups -OCH3 is 1. The largest absolute Gasteiger partial charge is 0.495 e. The summed E-state index contributed by atoms with van der Waals surface area (Å²) in [5.74, 6) is 0.450. The normalized spacial score (nSPS) is 13.2. The molecule has 0 heterocycles. The van der Waals surface area contributed by atoms with Gasteiger partial charge in [0.1, 0.15) is 5.75 Å². The molecule has 0 aromatic heterocycles. The Morgan fingerprint density at radius 2 is 2.06 bits per heavy atom. The van der Waals surface area contributed by atoms with E-state index in [0.29, 0.717) is 16.3 Å². The van der Waals surface area contributed by atoms with E-state index >= 15 is 0 Å². The predicted octanol–water partition coefficient (Wildman–Crippen LogP) is 0.820. The van der Waals surface area contributed by atoms with Gasteiger partial charge >= 0.3 is 0 Å².